The van der Waals surface area contributed by atoms with Gasteiger partial charge in [-0.3, -0.25) is 9.59 Å². The lowest BCUT2D eigenvalue weighted by Crippen LogP contribution is -2.55. The number of halogens is 2. The Kier molecular flexibility index (Phi) is 6.02. The van der Waals surface area contributed by atoms with E-state index in [9.17, 15) is 18.4 Å². The maximum Gasteiger partial charge on any atom is 0.305 e. The Hall–Kier alpha value is -2.29. The van der Waals surface area contributed by atoms with E-state index < -0.39 is 30.4 Å². The van der Waals surface area contributed by atoms with Crippen molar-refractivity contribution in [1.29, 1.82) is 0 Å². The smallest absolute Gasteiger partial charge is 0.305 e. The van der Waals surface area contributed by atoms with Crippen LogP contribution in [0.1, 0.15) is 29.8 Å². The van der Waals surface area contributed by atoms with Crippen molar-refractivity contribution in [2.24, 2.45) is 0 Å². The third-order valence-corrected chi connectivity index (χ3v) is 3.50. The fourth-order valence-corrected chi connectivity index (χ4v) is 2.50. The summed E-state index contributed by atoms with van der Waals surface area (Å²) < 4.78 is 34.4. The molecule has 1 aromatic rings. The number of nitrogens with one attached hydrogen (secondary N) is 1. The van der Waals surface area contributed by atoms with E-state index in [1.54, 1.807) is 0 Å². The second-order valence-corrected chi connectivity index (χ2v) is 5.52. The van der Waals surface area contributed by atoms with Gasteiger partial charge in [0.15, 0.2) is 6.61 Å². The molecule has 9 heteroatoms. The molecule has 0 aromatic carbocycles. The average molecular weight is 344 g/mol. The Bertz CT molecular complexity index is 591. The van der Waals surface area contributed by atoms with Crippen LogP contribution in [0.2, 0.25) is 0 Å². The molecule has 0 spiro atoms. The summed E-state index contributed by atoms with van der Waals surface area (Å²) in [5.74, 6) is -1.76. The topological polar surface area (TPSA) is 97.8 Å². The summed E-state index contributed by atoms with van der Waals surface area (Å²) in [4.78, 5) is 27.3. The minimum atomic E-state index is -2.65. The summed E-state index contributed by atoms with van der Waals surface area (Å²) in [6, 6.07) is 4.20. The van der Waals surface area contributed by atoms with Gasteiger partial charge < -0.3 is 19.9 Å². The van der Waals surface area contributed by atoms with Gasteiger partial charge >= 0.3 is 5.97 Å². The number of carboxylic acid groups (broad SMARTS) is 1. The quantitative estimate of drug-likeness (QED) is 0.777. The first-order chi connectivity index (χ1) is 11.4. The highest BCUT2D eigenvalue weighted by molar-refractivity contribution is 5.93. The number of amides is 1. The van der Waals surface area contributed by atoms with E-state index in [-0.39, 0.29) is 24.6 Å². The molecule has 1 aromatic heterocycles. The number of carboxylic acids is 1. The minimum absolute atomic E-state index is 0.0443. The normalized spacial score (nSPS) is 20.6. The number of rotatable bonds is 7. The molecule has 0 aliphatic carbocycles. The summed E-state index contributed by atoms with van der Waals surface area (Å²) in [6.07, 6.45) is -1.84. The molecular formula is C15H18F2N2O5. The molecule has 2 rings (SSSR count). The predicted octanol–water partition coefficient (Wildman–Crippen LogP) is 1.48. The molecule has 1 aliphatic heterocycles. The van der Waals surface area contributed by atoms with Crippen molar-refractivity contribution in [1.82, 2.24) is 10.3 Å². The number of nitrogens with zero attached hydrogens (tertiary/aromatic N) is 1. The van der Waals surface area contributed by atoms with Crippen LogP contribution in [-0.4, -0.2) is 53.8 Å². The third-order valence-electron chi connectivity index (χ3n) is 3.50. The Labute approximate surface area is 137 Å². The molecular weight excluding hydrogens is 326 g/mol. The third kappa shape index (κ3) is 5.12. The van der Waals surface area contributed by atoms with Crippen LogP contribution < -0.4 is 10.1 Å². The van der Waals surface area contributed by atoms with Gasteiger partial charge in [0.2, 0.25) is 5.88 Å². The van der Waals surface area contributed by atoms with Crippen molar-refractivity contribution in [3.8, 4) is 5.88 Å². The summed E-state index contributed by atoms with van der Waals surface area (Å²) >= 11 is 0. The first-order valence-electron chi connectivity index (χ1n) is 7.40. The lowest BCUT2D eigenvalue weighted by atomic mass is 9.88. The zero-order valence-electron chi connectivity index (χ0n) is 12.8. The molecule has 132 valence electrons. The number of carbonyl (C=O) groups is 2. The number of ether oxygens (including phenoxy) is 2. The van der Waals surface area contributed by atoms with Gasteiger partial charge in [-0.05, 0) is 18.9 Å². The number of hydrogen-bond acceptors (Lipinski definition) is 5. The standard InChI is InChI=1S/C15H18F2N2O5/c16-11(17)8-24-12-4-1-3-10(18-12)14(22)19-15(7-13(20)21)5-2-6-23-9-15/h1,3-4,11H,2,5-9H2,(H,19,22)(H,20,21). The van der Waals surface area contributed by atoms with E-state index in [1.807, 2.05) is 0 Å². The van der Waals surface area contributed by atoms with Crippen LogP contribution in [0.25, 0.3) is 0 Å². The van der Waals surface area contributed by atoms with Gasteiger partial charge in [-0.1, -0.05) is 6.07 Å². The molecule has 0 radical (unpaired) electrons. The van der Waals surface area contributed by atoms with Gasteiger partial charge in [0, 0.05) is 12.7 Å². The monoisotopic (exact) mass is 344 g/mol. The van der Waals surface area contributed by atoms with Crippen molar-refractivity contribution in [2.45, 2.75) is 31.2 Å². The molecule has 7 nitrogen and oxygen atoms in total. The fraction of sp³-hybridized carbons (Fsp3) is 0.533. The highest BCUT2D eigenvalue weighted by Gasteiger charge is 2.37. The van der Waals surface area contributed by atoms with Crippen molar-refractivity contribution in [3.05, 3.63) is 23.9 Å². The van der Waals surface area contributed by atoms with Crippen LogP contribution in [0.15, 0.2) is 18.2 Å². The number of aliphatic carboxylic acids is 1. The van der Waals surface area contributed by atoms with E-state index in [0.29, 0.717) is 19.4 Å². The Morgan fingerprint density at radius 1 is 1.46 bits per heavy atom. The van der Waals surface area contributed by atoms with E-state index in [4.69, 9.17) is 14.6 Å². The molecule has 1 unspecified atom stereocenters. The lowest BCUT2D eigenvalue weighted by molar-refractivity contribution is -0.140. The first kappa shape index (κ1) is 18.1. The van der Waals surface area contributed by atoms with Crippen molar-refractivity contribution >= 4 is 11.9 Å². The van der Waals surface area contributed by atoms with Gasteiger partial charge in [0.25, 0.3) is 12.3 Å². The molecule has 1 aliphatic rings. The van der Waals surface area contributed by atoms with Crippen LogP contribution in [0.3, 0.4) is 0 Å². The van der Waals surface area contributed by atoms with Crippen LogP contribution in [0.4, 0.5) is 8.78 Å². The van der Waals surface area contributed by atoms with Crippen molar-refractivity contribution in [2.75, 3.05) is 19.8 Å². The molecule has 2 N–H and O–H groups in total. The summed E-state index contributed by atoms with van der Waals surface area (Å²) in [6.45, 7) is -0.228. The number of carbonyl (C=O) groups excluding carboxylic acids is 1. The summed E-state index contributed by atoms with van der Waals surface area (Å²) in [7, 11) is 0. The second kappa shape index (κ2) is 8.00. The largest absolute Gasteiger partial charge is 0.481 e. The summed E-state index contributed by atoms with van der Waals surface area (Å²) in [5, 5.41) is 11.7. The van der Waals surface area contributed by atoms with Crippen LogP contribution in [0, 0.1) is 0 Å². The van der Waals surface area contributed by atoms with Gasteiger partial charge in [-0.25, -0.2) is 13.8 Å². The molecule has 0 saturated carbocycles. The number of alkyl halides is 2. The van der Waals surface area contributed by atoms with Gasteiger partial charge in [-0.2, -0.15) is 0 Å². The Balaban J connectivity index is 2.09. The van der Waals surface area contributed by atoms with E-state index in [1.165, 1.54) is 18.2 Å². The molecule has 1 fully saturated rings. The molecule has 24 heavy (non-hydrogen) atoms. The Morgan fingerprint density at radius 3 is 2.88 bits per heavy atom. The predicted molar refractivity (Wildman–Crippen MR) is 78.2 cm³/mol. The molecule has 1 saturated heterocycles. The van der Waals surface area contributed by atoms with Gasteiger partial charge in [0.1, 0.15) is 5.69 Å². The maximum absolute atomic E-state index is 12.4. The van der Waals surface area contributed by atoms with E-state index in [0.717, 1.165) is 0 Å². The number of pyridine rings is 1. The molecule has 1 amide bonds. The molecule has 1 atom stereocenters. The van der Waals surface area contributed by atoms with Crippen LogP contribution in [0.5, 0.6) is 5.88 Å². The average Bonchev–Trinajstić information content (AvgIpc) is 2.53. The van der Waals surface area contributed by atoms with Crippen LogP contribution >= 0.6 is 0 Å². The molecule has 2 heterocycles. The second-order valence-electron chi connectivity index (χ2n) is 5.52. The number of aromatic nitrogens is 1. The van der Waals surface area contributed by atoms with Gasteiger partial charge in [-0.15, -0.1) is 0 Å². The lowest BCUT2D eigenvalue weighted by Gasteiger charge is -2.36. The SMILES string of the molecule is O=C(O)CC1(NC(=O)c2cccc(OCC(F)F)n2)CCCOC1. The highest BCUT2D eigenvalue weighted by Crippen LogP contribution is 2.23. The van der Waals surface area contributed by atoms with Crippen molar-refractivity contribution in [3.63, 3.8) is 0 Å². The van der Waals surface area contributed by atoms with E-state index in [2.05, 4.69) is 10.3 Å². The van der Waals surface area contributed by atoms with Gasteiger partial charge in [0.05, 0.1) is 18.6 Å². The highest BCUT2D eigenvalue weighted by atomic mass is 19.3. The minimum Gasteiger partial charge on any atom is -0.481 e. The zero-order valence-corrected chi connectivity index (χ0v) is 12.8. The number of hydrogen-bond donors (Lipinski definition) is 2. The fourth-order valence-electron chi connectivity index (χ4n) is 2.50. The Morgan fingerprint density at radius 2 is 2.25 bits per heavy atom. The summed E-state index contributed by atoms with van der Waals surface area (Å²) in [5.41, 5.74) is -1.06. The first-order valence-corrected chi connectivity index (χ1v) is 7.40. The van der Waals surface area contributed by atoms with Crippen LogP contribution in [-0.2, 0) is 9.53 Å². The molecule has 0 bridgehead atoms. The zero-order chi connectivity index (χ0) is 17.6. The van der Waals surface area contributed by atoms with E-state index >= 15 is 0 Å². The maximum atomic E-state index is 12.4. The van der Waals surface area contributed by atoms with Crippen molar-refractivity contribution < 1.29 is 33.0 Å².